The first-order chi connectivity index (χ1) is 17.0. The second-order valence-corrected chi connectivity index (χ2v) is 19.6. The first kappa shape index (κ1) is 38.2. The highest BCUT2D eigenvalue weighted by atomic mass is 32.2. The highest BCUT2D eigenvalue weighted by Gasteiger charge is 2.53. The monoisotopic (exact) mass is 604 g/mol. The Kier molecular flexibility index (Phi) is 12.3. The standard InChI is InChI=1S/C30H56N2O4S3/c1-25(2,3)27(6,7)20(22(34)32(16)17)30(12,13)39-24(37)38-29(10,11)19(21(33)31(14)15)18-26(4,5)28(8,9)23(35)36/h19-20H,18H2,1-17H3,(H,35,36). The SMILES string of the molecule is CN(C)C(=O)C(CC(C)(C)C(C)(C)C(=O)O)C(C)(C)SC(=S)SC(C)(C)C(C(=O)N(C)C)C(C)(C)C(C)(C)C. The first-order valence-electron chi connectivity index (χ1n) is 13.5. The van der Waals surface area contributed by atoms with Crippen LogP contribution in [0.15, 0.2) is 0 Å². The molecule has 0 spiro atoms. The Morgan fingerprint density at radius 3 is 1.44 bits per heavy atom. The summed E-state index contributed by atoms with van der Waals surface area (Å²) in [7, 11) is 7.05. The average Bonchev–Trinajstić information content (AvgIpc) is 2.68. The van der Waals surface area contributed by atoms with Crippen LogP contribution in [-0.2, 0) is 14.4 Å². The van der Waals surface area contributed by atoms with Crippen LogP contribution >= 0.6 is 35.7 Å². The number of rotatable bonds is 11. The lowest BCUT2D eigenvalue weighted by Crippen LogP contribution is -2.53. The van der Waals surface area contributed by atoms with Gasteiger partial charge in [0.1, 0.15) is 3.53 Å². The Balaban J connectivity index is 6.41. The van der Waals surface area contributed by atoms with Gasteiger partial charge in [-0.15, -0.1) is 23.5 Å². The Labute approximate surface area is 253 Å². The van der Waals surface area contributed by atoms with E-state index in [0.717, 1.165) is 0 Å². The van der Waals surface area contributed by atoms with Gasteiger partial charge in [0.05, 0.1) is 17.3 Å². The van der Waals surface area contributed by atoms with Crippen molar-refractivity contribution in [1.82, 2.24) is 9.80 Å². The van der Waals surface area contributed by atoms with Crippen LogP contribution in [0.3, 0.4) is 0 Å². The summed E-state index contributed by atoms with van der Waals surface area (Å²) in [5.74, 6) is -1.67. The van der Waals surface area contributed by atoms with Gasteiger partial charge in [0.15, 0.2) is 0 Å². The van der Waals surface area contributed by atoms with E-state index in [-0.39, 0.29) is 28.6 Å². The topological polar surface area (TPSA) is 77.9 Å². The summed E-state index contributed by atoms with van der Waals surface area (Å²) in [5.41, 5.74) is -2.17. The fourth-order valence-corrected chi connectivity index (χ4v) is 9.19. The van der Waals surface area contributed by atoms with Crippen LogP contribution < -0.4 is 0 Å². The van der Waals surface area contributed by atoms with Gasteiger partial charge in [-0.05, 0) is 64.2 Å². The number of carboxylic acids is 1. The smallest absolute Gasteiger partial charge is 0.309 e. The summed E-state index contributed by atoms with van der Waals surface area (Å²) >= 11 is 8.94. The molecule has 0 aromatic rings. The van der Waals surface area contributed by atoms with Gasteiger partial charge in [0.2, 0.25) is 11.8 Å². The zero-order valence-corrected chi connectivity index (χ0v) is 30.1. The molecule has 0 aliphatic rings. The molecular formula is C30H56N2O4S3. The molecule has 0 aromatic heterocycles. The molecule has 0 aliphatic carbocycles. The molecule has 0 saturated carbocycles. The van der Waals surface area contributed by atoms with Crippen LogP contribution in [-0.4, -0.2) is 73.9 Å². The molecule has 0 fully saturated rings. The molecule has 1 N–H and O–H groups in total. The Bertz CT molecular complexity index is 929. The molecule has 2 amide bonds. The minimum atomic E-state index is -1.03. The van der Waals surface area contributed by atoms with Gasteiger partial charge >= 0.3 is 5.97 Å². The van der Waals surface area contributed by atoms with E-state index in [1.54, 1.807) is 51.8 Å². The third-order valence-corrected chi connectivity index (χ3v) is 12.2. The number of hydrogen-bond acceptors (Lipinski definition) is 6. The van der Waals surface area contributed by atoms with Crippen LogP contribution in [0.5, 0.6) is 0 Å². The fourth-order valence-electron chi connectivity index (χ4n) is 4.74. The molecule has 228 valence electrons. The van der Waals surface area contributed by atoms with Gasteiger partial charge in [0, 0.05) is 37.7 Å². The van der Waals surface area contributed by atoms with Gasteiger partial charge in [0.25, 0.3) is 0 Å². The predicted molar refractivity (Wildman–Crippen MR) is 173 cm³/mol. The maximum absolute atomic E-state index is 13.6. The summed E-state index contributed by atoms with van der Waals surface area (Å²) in [6.07, 6.45) is 0.388. The summed E-state index contributed by atoms with van der Waals surface area (Å²) in [6, 6.07) is 0. The lowest BCUT2D eigenvalue weighted by molar-refractivity contribution is -0.156. The van der Waals surface area contributed by atoms with Crippen LogP contribution in [0.2, 0.25) is 0 Å². The molecule has 2 atom stereocenters. The number of aliphatic carboxylic acids is 1. The van der Waals surface area contributed by atoms with E-state index >= 15 is 0 Å². The van der Waals surface area contributed by atoms with E-state index in [9.17, 15) is 19.5 Å². The lowest BCUT2D eigenvalue weighted by Gasteiger charge is -2.51. The summed E-state index contributed by atoms with van der Waals surface area (Å²) in [5, 5.41) is 9.92. The number of carbonyl (C=O) groups excluding carboxylic acids is 2. The summed E-state index contributed by atoms with van der Waals surface area (Å²) < 4.78 is -0.476. The molecule has 6 nitrogen and oxygen atoms in total. The third kappa shape index (κ3) is 8.84. The van der Waals surface area contributed by atoms with Crippen LogP contribution in [0.4, 0.5) is 0 Å². The highest BCUT2D eigenvalue weighted by molar-refractivity contribution is 8.48. The number of carbonyl (C=O) groups is 3. The zero-order chi connectivity index (χ0) is 31.7. The van der Waals surface area contributed by atoms with Gasteiger partial charge in [-0.3, -0.25) is 14.4 Å². The molecule has 0 radical (unpaired) electrons. The van der Waals surface area contributed by atoms with Gasteiger partial charge in [-0.2, -0.15) is 0 Å². The van der Waals surface area contributed by atoms with Crippen molar-refractivity contribution in [3.8, 4) is 0 Å². The highest BCUT2D eigenvalue weighted by Crippen LogP contribution is 2.55. The van der Waals surface area contributed by atoms with Crippen LogP contribution in [0.1, 0.15) is 96.4 Å². The molecular weight excluding hydrogens is 549 g/mol. The first-order valence-corrected chi connectivity index (χ1v) is 15.6. The van der Waals surface area contributed by atoms with E-state index in [1.807, 2.05) is 27.7 Å². The quantitative estimate of drug-likeness (QED) is 0.248. The Hall–Kier alpha value is -0.800. The molecule has 0 saturated heterocycles. The van der Waals surface area contributed by atoms with Crippen molar-refractivity contribution in [1.29, 1.82) is 0 Å². The summed E-state index contributed by atoms with van der Waals surface area (Å²) in [4.78, 5) is 42.4. The zero-order valence-electron chi connectivity index (χ0n) is 27.7. The molecule has 2 unspecified atom stereocenters. The van der Waals surface area contributed by atoms with Gasteiger partial charge in [-0.1, -0.05) is 60.7 Å². The fraction of sp³-hybridized carbons (Fsp3) is 0.867. The minimum Gasteiger partial charge on any atom is -0.481 e. The van der Waals surface area contributed by atoms with Crippen molar-refractivity contribution in [3.05, 3.63) is 0 Å². The number of nitrogens with zero attached hydrogens (tertiary/aromatic N) is 2. The molecule has 0 aliphatic heterocycles. The van der Waals surface area contributed by atoms with E-state index in [0.29, 0.717) is 9.95 Å². The molecule has 9 heteroatoms. The normalized spacial score (nSPS) is 15.4. The molecule has 0 aromatic carbocycles. The van der Waals surface area contributed by atoms with E-state index in [2.05, 4.69) is 48.5 Å². The summed E-state index contributed by atoms with van der Waals surface area (Å²) in [6.45, 7) is 26.2. The van der Waals surface area contributed by atoms with Crippen molar-refractivity contribution in [2.75, 3.05) is 28.2 Å². The van der Waals surface area contributed by atoms with E-state index in [1.165, 1.54) is 23.5 Å². The Morgan fingerprint density at radius 2 is 1.10 bits per heavy atom. The van der Waals surface area contributed by atoms with E-state index in [4.69, 9.17) is 12.2 Å². The maximum atomic E-state index is 13.6. The number of amides is 2. The molecule has 39 heavy (non-hydrogen) atoms. The van der Waals surface area contributed by atoms with E-state index < -0.39 is 32.2 Å². The number of thioether (sulfide) groups is 2. The van der Waals surface area contributed by atoms with Crippen molar-refractivity contribution >= 4 is 57.1 Å². The van der Waals surface area contributed by atoms with Crippen molar-refractivity contribution in [3.63, 3.8) is 0 Å². The minimum absolute atomic E-state index is 0.0525. The Morgan fingerprint density at radius 1 is 0.718 bits per heavy atom. The van der Waals surface area contributed by atoms with Crippen molar-refractivity contribution in [2.24, 2.45) is 33.5 Å². The van der Waals surface area contributed by atoms with Crippen molar-refractivity contribution < 1.29 is 19.5 Å². The van der Waals surface area contributed by atoms with Gasteiger partial charge in [-0.25, -0.2) is 0 Å². The second-order valence-electron chi connectivity index (χ2n) is 15.1. The van der Waals surface area contributed by atoms with Crippen LogP contribution in [0.25, 0.3) is 0 Å². The number of hydrogen-bond donors (Lipinski definition) is 1. The largest absolute Gasteiger partial charge is 0.481 e. The van der Waals surface area contributed by atoms with Crippen molar-refractivity contribution in [2.45, 2.75) is 106 Å². The van der Waals surface area contributed by atoms with Gasteiger partial charge < -0.3 is 14.9 Å². The number of carboxylic acid groups (broad SMARTS) is 1. The predicted octanol–water partition coefficient (Wildman–Crippen LogP) is 7.30. The maximum Gasteiger partial charge on any atom is 0.309 e. The molecule has 0 rings (SSSR count). The molecule has 0 heterocycles. The second kappa shape index (κ2) is 12.6. The lowest BCUT2D eigenvalue weighted by atomic mass is 9.58. The average molecular weight is 605 g/mol. The molecule has 0 bridgehead atoms. The number of thiocarbonyl (C=S) groups is 1. The third-order valence-electron chi connectivity index (χ3n) is 9.25. The van der Waals surface area contributed by atoms with Crippen LogP contribution in [0, 0.1) is 33.5 Å².